The Balaban J connectivity index is 1.16. The molecule has 10 aromatic rings. The van der Waals surface area contributed by atoms with Crippen molar-refractivity contribution in [3.8, 4) is 33.4 Å². The van der Waals surface area contributed by atoms with E-state index >= 15 is 0 Å². The summed E-state index contributed by atoms with van der Waals surface area (Å²) < 4.78 is 0. The van der Waals surface area contributed by atoms with Gasteiger partial charge in [-0.05, 0) is 118 Å². The van der Waals surface area contributed by atoms with Crippen molar-refractivity contribution in [2.45, 2.75) is 24.7 Å². The van der Waals surface area contributed by atoms with Crippen LogP contribution >= 0.6 is 0 Å². The van der Waals surface area contributed by atoms with E-state index in [1.54, 1.807) is 0 Å². The van der Waals surface area contributed by atoms with Crippen LogP contribution in [0.5, 0.6) is 0 Å². The second-order valence-electron chi connectivity index (χ2n) is 17.1. The van der Waals surface area contributed by atoms with Crippen LogP contribution in [-0.4, -0.2) is 0 Å². The molecule has 0 heterocycles. The average Bonchev–Trinajstić information content (AvgIpc) is 3.86. The lowest BCUT2D eigenvalue weighted by Crippen LogP contribution is -2.26. The maximum atomic E-state index is 2.61. The maximum absolute atomic E-state index is 2.61. The van der Waals surface area contributed by atoms with Gasteiger partial charge in [-0.3, -0.25) is 0 Å². The number of hydrogen-bond acceptors (Lipinski definition) is 1. The number of nitrogens with zero attached hydrogens (tertiary/aromatic N) is 1. The van der Waals surface area contributed by atoms with E-state index < -0.39 is 5.41 Å². The highest BCUT2D eigenvalue weighted by atomic mass is 15.2. The summed E-state index contributed by atoms with van der Waals surface area (Å²) in [5.74, 6) is 0. The van der Waals surface area contributed by atoms with Gasteiger partial charge in [0.2, 0.25) is 0 Å². The van der Waals surface area contributed by atoms with Gasteiger partial charge in [0.25, 0.3) is 0 Å². The van der Waals surface area contributed by atoms with Crippen LogP contribution in [0.2, 0.25) is 0 Å². The Bertz CT molecular complexity index is 3360. The molecule has 0 amide bonds. The lowest BCUT2D eigenvalue weighted by atomic mass is 9.70. The van der Waals surface area contributed by atoms with Crippen LogP contribution in [0.25, 0.3) is 65.7 Å². The standard InChI is InChI=1S/C58H39N/c1-57(2)48-26-11-7-23-44(48)45-25-15-32-54(56(45)57)59(36-33-34-41-39-19-4-3-17-37(39)38-18-5-6-20-40(38)47(41)35-36)53-31-16-30-52-55(53)46-24-10-14-29-51(46)58(52)49-27-12-8-21-42(49)43-22-9-13-28-50(43)58/h3-35H,1-2H3. The number of rotatable bonds is 3. The highest BCUT2D eigenvalue weighted by Crippen LogP contribution is 2.65. The molecule has 0 unspecified atom stereocenters. The summed E-state index contributed by atoms with van der Waals surface area (Å²) in [7, 11) is 0. The summed E-state index contributed by atoms with van der Waals surface area (Å²) in [5, 5.41) is 7.67. The first-order valence-electron chi connectivity index (χ1n) is 20.9. The fourth-order valence-electron chi connectivity index (χ4n) is 11.8. The third kappa shape index (κ3) is 4.09. The van der Waals surface area contributed by atoms with E-state index in [0.29, 0.717) is 0 Å². The van der Waals surface area contributed by atoms with E-state index in [-0.39, 0.29) is 5.41 Å². The van der Waals surface area contributed by atoms with Crippen LogP contribution in [0.4, 0.5) is 17.1 Å². The summed E-state index contributed by atoms with van der Waals surface area (Å²) in [6, 6.07) is 75.5. The van der Waals surface area contributed by atoms with Gasteiger partial charge in [-0.15, -0.1) is 0 Å². The minimum atomic E-state index is -0.437. The highest BCUT2D eigenvalue weighted by molar-refractivity contribution is 6.26. The largest absolute Gasteiger partial charge is 0.310 e. The van der Waals surface area contributed by atoms with E-state index in [1.807, 2.05) is 0 Å². The molecule has 0 fully saturated rings. The van der Waals surface area contributed by atoms with Crippen molar-refractivity contribution in [2.24, 2.45) is 0 Å². The number of anilines is 3. The molecule has 0 N–H and O–H groups in total. The molecule has 10 aromatic carbocycles. The van der Waals surface area contributed by atoms with Gasteiger partial charge >= 0.3 is 0 Å². The fraction of sp³-hybridized carbons (Fsp3) is 0.0690. The third-order valence-corrected chi connectivity index (χ3v) is 14.0. The topological polar surface area (TPSA) is 3.24 Å². The van der Waals surface area contributed by atoms with Crippen molar-refractivity contribution in [1.29, 1.82) is 0 Å². The van der Waals surface area contributed by atoms with Crippen molar-refractivity contribution < 1.29 is 0 Å². The van der Waals surface area contributed by atoms with Crippen LogP contribution in [0.15, 0.2) is 200 Å². The molecule has 0 bridgehead atoms. The lowest BCUT2D eigenvalue weighted by Gasteiger charge is -2.34. The predicted octanol–water partition coefficient (Wildman–Crippen LogP) is 15.3. The Morgan fingerprint density at radius 2 is 0.746 bits per heavy atom. The smallest absolute Gasteiger partial charge is 0.0726 e. The van der Waals surface area contributed by atoms with E-state index in [4.69, 9.17) is 0 Å². The number of benzene rings is 10. The van der Waals surface area contributed by atoms with Crippen molar-refractivity contribution in [3.05, 3.63) is 234 Å². The molecule has 0 atom stereocenters. The summed E-state index contributed by atoms with van der Waals surface area (Å²) in [6.07, 6.45) is 0. The summed E-state index contributed by atoms with van der Waals surface area (Å²) in [5.41, 5.74) is 18.9. The SMILES string of the molecule is CC1(C)c2ccccc2-c2cccc(N(c3ccc4c5ccccc5c5ccccc5c4c3)c3cccc4c3-c3ccccc3C43c4ccccc4-c4ccccc43)c21. The van der Waals surface area contributed by atoms with Gasteiger partial charge in [0.1, 0.15) is 0 Å². The summed E-state index contributed by atoms with van der Waals surface area (Å²) in [6.45, 7) is 4.82. The minimum Gasteiger partial charge on any atom is -0.310 e. The zero-order chi connectivity index (χ0) is 39.0. The first-order valence-corrected chi connectivity index (χ1v) is 20.9. The van der Waals surface area contributed by atoms with Crippen molar-refractivity contribution in [1.82, 2.24) is 0 Å². The molecule has 0 radical (unpaired) electrons. The van der Waals surface area contributed by atoms with Gasteiger partial charge in [-0.2, -0.15) is 0 Å². The molecule has 1 nitrogen and oxygen atoms in total. The Hall–Kier alpha value is -7.22. The number of fused-ring (bicyclic) bond motifs is 19. The zero-order valence-electron chi connectivity index (χ0n) is 33.0. The molecule has 1 heteroatoms. The second-order valence-corrected chi connectivity index (χ2v) is 17.1. The van der Waals surface area contributed by atoms with E-state index in [0.717, 1.165) is 5.69 Å². The first-order chi connectivity index (χ1) is 29.1. The Kier molecular flexibility index (Phi) is 6.50. The lowest BCUT2D eigenvalue weighted by molar-refractivity contribution is 0.661. The molecule has 0 aliphatic heterocycles. The highest BCUT2D eigenvalue weighted by Gasteiger charge is 2.52. The van der Waals surface area contributed by atoms with Gasteiger partial charge in [0, 0.05) is 16.7 Å². The molecule has 59 heavy (non-hydrogen) atoms. The Morgan fingerprint density at radius 1 is 0.322 bits per heavy atom. The Labute approximate surface area is 344 Å². The van der Waals surface area contributed by atoms with E-state index in [2.05, 4.69) is 219 Å². The molecular weight excluding hydrogens is 711 g/mol. The number of hydrogen-bond donors (Lipinski definition) is 0. The van der Waals surface area contributed by atoms with Crippen LogP contribution < -0.4 is 4.90 Å². The van der Waals surface area contributed by atoms with Crippen LogP contribution in [-0.2, 0) is 10.8 Å². The monoisotopic (exact) mass is 749 g/mol. The van der Waals surface area contributed by atoms with Crippen molar-refractivity contribution in [3.63, 3.8) is 0 Å². The molecule has 1 spiro atoms. The molecule has 13 rings (SSSR count). The van der Waals surface area contributed by atoms with Gasteiger partial charge in [-0.1, -0.05) is 190 Å². The van der Waals surface area contributed by atoms with Gasteiger partial charge in [0.15, 0.2) is 0 Å². The Morgan fingerprint density at radius 3 is 1.37 bits per heavy atom. The quantitative estimate of drug-likeness (QED) is 0.163. The van der Waals surface area contributed by atoms with Crippen molar-refractivity contribution in [2.75, 3.05) is 4.90 Å². The van der Waals surface area contributed by atoms with Crippen LogP contribution in [0.3, 0.4) is 0 Å². The zero-order valence-corrected chi connectivity index (χ0v) is 33.0. The average molecular weight is 750 g/mol. The maximum Gasteiger partial charge on any atom is 0.0726 e. The van der Waals surface area contributed by atoms with E-state index in [9.17, 15) is 0 Å². The fourth-order valence-corrected chi connectivity index (χ4v) is 11.8. The summed E-state index contributed by atoms with van der Waals surface area (Å²) in [4.78, 5) is 2.61. The molecule has 276 valence electrons. The molecular formula is C58H39N. The van der Waals surface area contributed by atoms with Crippen molar-refractivity contribution >= 4 is 49.4 Å². The van der Waals surface area contributed by atoms with Gasteiger partial charge in [0.05, 0.1) is 16.8 Å². The first kappa shape index (κ1) is 32.8. The van der Waals surface area contributed by atoms with Gasteiger partial charge in [-0.25, -0.2) is 0 Å². The predicted molar refractivity (Wildman–Crippen MR) is 248 cm³/mol. The molecule has 0 saturated heterocycles. The third-order valence-electron chi connectivity index (χ3n) is 14.0. The van der Waals surface area contributed by atoms with Crippen LogP contribution in [0, 0.1) is 0 Å². The molecule has 3 aliphatic carbocycles. The second kappa shape index (κ2) is 11.7. The normalized spacial score (nSPS) is 14.5. The molecule has 0 saturated carbocycles. The minimum absolute atomic E-state index is 0.221. The van der Waals surface area contributed by atoms with E-state index in [1.165, 1.54) is 110 Å². The molecule has 0 aromatic heterocycles. The van der Waals surface area contributed by atoms with Crippen LogP contribution in [0.1, 0.15) is 47.2 Å². The van der Waals surface area contributed by atoms with Gasteiger partial charge < -0.3 is 4.90 Å². The molecule has 3 aliphatic rings. The summed E-state index contributed by atoms with van der Waals surface area (Å²) >= 11 is 0.